The maximum Gasteiger partial charge on any atom is 0.338 e. The average Bonchev–Trinajstić information content (AvgIpc) is 2.80. The highest BCUT2D eigenvalue weighted by atomic mass is 127. The van der Waals surface area contributed by atoms with Crippen LogP contribution in [-0.2, 0) is 23.8 Å². The Kier molecular flexibility index (Phi) is 9.76. The summed E-state index contributed by atoms with van der Waals surface area (Å²) in [6.45, 7) is 2.04. The van der Waals surface area contributed by atoms with Crippen molar-refractivity contribution in [3.05, 3.63) is 57.2 Å². The molecule has 2 rings (SSSR count). The topological polar surface area (TPSA) is 119 Å². The number of benzene rings is 2. The van der Waals surface area contributed by atoms with Gasteiger partial charge in [-0.1, -0.05) is 26.0 Å². The zero-order valence-corrected chi connectivity index (χ0v) is 21.2. The number of carboxylic acid groups (broad SMARTS) is 1. The summed E-state index contributed by atoms with van der Waals surface area (Å²) in [5.41, 5.74) is 0.921. The van der Waals surface area contributed by atoms with Gasteiger partial charge in [0.1, 0.15) is 24.9 Å². The van der Waals surface area contributed by atoms with E-state index >= 15 is 0 Å². The lowest BCUT2D eigenvalue weighted by atomic mass is 9.99. The summed E-state index contributed by atoms with van der Waals surface area (Å²) in [6, 6.07) is 10.3. The second kappa shape index (κ2) is 11.9. The number of rotatable bonds is 12. The van der Waals surface area contributed by atoms with Gasteiger partial charge < -0.3 is 19.4 Å². The number of hydrogen-bond donors (Lipinski definition) is 0. The van der Waals surface area contributed by atoms with E-state index in [4.69, 9.17) is 8.92 Å². The molecule has 0 saturated carbocycles. The minimum absolute atomic E-state index is 0.0289. The fourth-order valence-electron chi connectivity index (χ4n) is 2.61. The van der Waals surface area contributed by atoms with Crippen molar-refractivity contribution in [1.82, 2.24) is 0 Å². The Bertz CT molecular complexity index is 1120. The molecule has 0 aliphatic carbocycles. The van der Waals surface area contributed by atoms with E-state index in [1.54, 1.807) is 12.1 Å². The average molecular weight is 611 g/mol. The molecule has 0 aliphatic rings. The standard InChI is InChI=1S/C22H23F2IO8S/c1-3-14(2)15-4-7-17(8-5-15)34(29,30)33-11-10-31-19-9-6-16(12-18(19)25)20(26)32-13-22(23,24)21(27)28/h4-9,12,14H,3,10-11,13H2,1-2H3,(H,27,28)/p-1. The molecule has 1 atom stereocenters. The highest BCUT2D eigenvalue weighted by Gasteiger charge is 2.33. The van der Waals surface area contributed by atoms with Crippen LogP contribution in [0.15, 0.2) is 47.4 Å². The molecule has 0 aliphatic heterocycles. The van der Waals surface area contributed by atoms with E-state index < -0.39 is 34.6 Å². The predicted octanol–water partition coefficient (Wildman–Crippen LogP) is 3.13. The minimum Gasteiger partial charge on any atom is -0.544 e. The van der Waals surface area contributed by atoms with Crippen LogP contribution in [0.5, 0.6) is 5.75 Å². The van der Waals surface area contributed by atoms with Crippen molar-refractivity contribution in [2.45, 2.75) is 37.0 Å². The number of alkyl halides is 2. The fraction of sp³-hybridized carbons (Fsp3) is 0.364. The van der Waals surface area contributed by atoms with Crippen molar-refractivity contribution in [3.8, 4) is 5.75 Å². The smallest absolute Gasteiger partial charge is 0.338 e. The van der Waals surface area contributed by atoms with Crippen LogP contribution < -0.4 is 9.84 Å². The van der Waals surface area contributed by atoms with Crippen LogP contribution in [-0.4, -0.2) is 46.1 Å². The molecule has 0 fully saturated rings. The van der Waals surface area contributed by atoms with Crippen LogP contribution in [0.3, 0.4) is 0 Å². The van der Waals surface area contributed by atoms with Crippen molar-refractivity contribution >= 4 is 44.6 Å². The zero-order valence-electron chi connectivity index (χ0n) is 18.3. The van der Waals surface area contributed by atoms with Crippen LogP contribution in [0, 0.1) is 3.57 Å². The minimum atomic E-state index is -4.30. The Balaban J connectivity index is 1.89. The highest BCUT2D eigenvalue weighted by Crippen LogP contribution is 2.24. The van der Waals surface area contributed by atoms with Gasteiger partial charge in [0.15, 0.2) is 6.61 Å². The van der Waals surface area contributed by atoms with E-state index in [9.17, 15) is 31.9 Å². The SMILES string of the molecule is CCC(C)c1ccc(S(=O)(=O)OCCOc2ccc(C(=O)OCC(F)(F)C(=O)[O-])cc2I)cc1. The molecule has 0 bridgehead atoms. The molecule has 0 amide bonds. The molecule has 8 nitrogen and oxygen atoms in total. The predicted molar refractivity (Wildman–Crippen MR) is 123 cm³/mol. The number of hydrogen-bond acceptors (Lipinski definition) is 8. The first kappa shape index (κ1) is 27.9. The van der Waals surface area contributed by atoms with E-state index in [0.717, 1.165) is 12.0 Å². The quantitative estimate of drug-likeness (QED) is 0.156. The van der Waals surface area contributed by atoms with Gasteiger partial charge in [0.25, 0.3) is 10.1 Å². The van der Waals surface area contributed by atoms with Gasteiger partial charge in [-0.3, -0.25) is 4.18 Å². The van der Waals surface area contributed by atoms with Crippen molar-refractivity contribution in [2.75, 3.05) is 19.8 Å². The number of carbonyl (C=O) groups excluding carboxylic acids is 2. The first-order chi connectivity index (χ1) is 15.9. The Morgan fingerprint density at radius 1 is 1.12 bits per heavy atom. The van der Waals surface area contributed by atoms with E-state index in [1.165, 1.54) is 30.3 Å². The molecule has 2 aromatic rings. The first-order valence-electron chi connectivity index (χ1n) is 10.1. The molecule has 0 aromatic heterocycles. The lowest BCUT2D eigenvalue weighted by Gasteiger charge is -2.17. The normalized spacial score (nSPS) is 12.7. The van der Waals surface area contributed by atoms with E-state index in [0.29, 0.717) is 9.49 Å². The van der Waals surface area contributed by atoms with Gasteiger partial charge in [-0.15, -0.1) is 0 Å². The summed E-state index contributed by atoms with van der Waals surface area (Å²) in [4.78, 5) is 22.2. The largest absolute Gasteiger partial charge is 0.544 e. The van der Waals surface area contributed by atoms with Gasteiger partial charge in [0.2, 0.25) is 0 Å². The van der Waals surface area contributed by atoms with Gasteiger partial charge in [-0.2, -0.15) is 17.2 Å². The molecular formula is C22H22F2IO8S-. The van der Waals surface area contributed by atoms with E-state index in [-0.39, 0.29) is 29.4 Å². The number of carboxylic acids is 1. The lowest BCUT2D eigenvalue weighted by molar-refractivity contribution is -0.331. The molecule has 1 unspecified atom stereocenters. The van der Waals surface area contributed by atoms with Crippen molar-refractivity contribution in [3.63, 3.8) is 0 Å². The number of halogens is 3. The van der Waals surface area contributed by atoms with Gasteiger partial charge in [0, 0.05) is 0 Å². The highest BCUT2D eigenvalue weighted by molar-refractivity contribution is 14.1. The molecule has 0 heterocycles. The number of aliphatic carboxylic acids is 1. The van der Waals surface area contributed by atoms with E-state index in [1.807, 2.05) is 36.4 Å². The maximum absolute atomic E-state index is 13.0. The summed E-state index contributed by atoms with van der Waals surface area (Å²) in [5.74, 6) is -7.51. The Morgan fingerprint density at radius 3 is 2.32 bits per heavy atom. The summed E-state index contributed by atoms with van der Waals surface area (Å²) in [7, 11) is -3.97. The lowest BCUT2D eigenvalue weighted by Crippen LogP contribution is -2.45. The number of ether oxygens (including phenoxy) is 2. The van der Waals surface area contributed by atoms with Gasteiger partial charge in [0.05, 0.1) is 14.0 Å². The van der Waals surface area contributed by atoms with E-state index in [2.05, 4.69) is 4.74 Å². The molecule has 12 heteroatoms. The fourth-order valence-corrected chi connectivity index (χ4v) is 4.17. The molecule has 0 saturated heterocycles. The molecule has 0 radical (unpaired) electrons. The van der Waals surface area contributed by atoms with Crippen LogP contribution in [0.1, 0.15) is 42.1 Å². The van der Waals surface area contributed by atoms with Crippen molar-refractivity contribution in [2.24, 2.45) is 0 Å². The molecule has 34 heavy (non-hydrogen) atoms. The van der Waals surface area contributed by atoms with Crippen molar-refractivity contribution < 1.29 is 45.6 Å². The van der Waals surface area contributed by atoms with Gasteiger partial charge in [-0.25, -0.2) is 4.79 Å². The Labute approximate surface area is 209 Å². The monoisotopic (exact) mass is 611 g/mol. The zero-order chi connectivity index (χ0) is 25.5. The number of esters is 1. The molecule has 0 spiro atoms. The Hall–Kier alpha value is -2.32. The molecule has 2 aromatic carbocycles. The second-order valence-electron chi connectivity index (χ2n) is 7.22. The maximum atomic E-state index is 13.0. The summed E-state index contributed by atoms with van der Waals surface area (Å²) < 4.78 is 65.8. The molecule has 0 N–H and O–H groups in total. The second-order valence-corrected chi connectivity index (χ2v) is 9.99. The molecule has 186 valence electrons. The summed E-state index contributed by atoms with van der Waals surface area (Å²) >= 11 is 1.82. The Morgan fingerprint density at radius 2 is 1.76 bits per heavy atom. The van der Waals surface area contributed by atoms with Gasteiger partial charge in [-0.05, 0) is 70.8 Å². The van der Waals surface area contributed by atoms with Gasteiger partial charge >= 0.3 is 11.9 Å². The van der Waals surface area contributed by atoms with Crippen molar-refractivity contribution in [1.29, 1.82) is 0 Å². The third kappa shape index (κ3) is 7.60. The van der Waals surface area contributed by atoms with Crippen LogP contribution in [0.4, 0.5) is 8.78 Å². The molecular weight excluding hydrogens is 589 g/mol. The summed E-state index contributed by atoms with van der Waals surface area (Å²) in [5, 5.41) is 10.3. The number of carbonyl (C=O) groups is 2. The summed E-state index contributed by atoms with van der Waals surface area (Å²) in [6.07, 6.45) is 0.930. The van der Waals surface area contributed by atoms with Crippen LogP contribution in [0.25, 0.3) is 0 Å². The third-order valence-electron chi connectivity index (χ3n) is 4.78. The first-order valence-corrected chi connectivity index (χ1v) is 12.5. The van der Waals surface area contributed by atoms with Crippen LogP contribution >= 0.6 is 22.6 Å². The third-order valence-corrected chi connectivity index (χ3v) is 6.95. The van der Waals surface area contributed by atoms with Crippen LogP contribution in [0.2, 0.25) is 0 Å².